The molecular formula is C7H10BrN3O. The van der Waals surface area contributed by atoms with Gasteiger partial charge in [-0.05, 0) is 15.9 Å². The quantitative estimate of drug-likeness (QED) is 0.720. The molecule has 0 radical (unpaired) electrons. The summed E-state index contributed by atoms with van der Waals surface area (Å²) in [5, 5.41) is 3.94. The van der Waals surface area contributed by atoms with E-state index in [1.807, 2.05) is 0 Å². The van der Waals surface area contributed by atoms with E-state index >= 15 is 0 Å². The Kier molecular flexibility index (Phi) is 2.52. The molecule has 1 amide bonds. The molecule has 5 heteroatoms. The highest BCUT2D eigenvalue weighted by molar-refractivity contribution is 9.10. The summed E-state index contributed by atoms with van der Waals surface area (Å²) in [6.07, 6.45) is 1.61. The van der Waals surface area contributed by atoms with Gasteiger partial charge in [-0.25, -0.2) is 0 Å². The van der Waals surface area contributed by atoms with Crippen LogP contribution in [0.25, 0.3) is 0 Å². The maximum Gasteiger partial charge on any atom is 0.272 e. The monoisotopic (exact) mass is 231 g/mol. The van der Waals surface area contributed by atoms with Crippen LogP contribution in [-0.2, 0) is 7.05 Å². The topological polar surface area (TPSA) is 38.1 Å². The van der Waals surface area contributed by atoms with Crippen molar-refractivity contribution in [1.29, 1.82) is 0 Å². The van der Waals surface area contributed by atoms with Gasteiger partial charge in [0.05, 0.1) is 10.7 Å². The van der Waals surface area contributed by atoms with Gasteiger partial charge in [0.1, 0.15) is 5.69 Å². The Morgan fingerprint density at radius 1 is 1.67 bits per heavy atom. The fourth-order valence-electron chi connectivity index (χ4n) is 0.863. The highest BCUT2D eigenvalue weighted by atomic mass is 79.9. The van der Waals surface area contributed by atoms with Crippen LogP contribution in [0.4, 0.5) is 0 Å². The number of hydrogen-bond donors (Lipinski definition) is 0. The Balaban J connectivity index is 3.09. The molecule has 66 valence electrons. The van der Waals surface area contributed by atoms with E-state index in [0.717, 1.165) is 4.47 Å². The van der Waals surface area contributed by atoms with Gasteiger partial charge in [-0.1, -0.05) is 0 Å². The standard InChI is InChI=1S/C7H10BrN3O/c1-10(2)7(12)6-5(8)4-9-11(6)3/h4H,1-3H3. The van der Waals surface area contributed by atoms with Gasteiger partial charge >= 0.3 is 0 Å². The third-order valence-corrected chi connectivity index (χ3v) is 2.08. The third kappa shape index (κ3) is 1.50. The number of aryl methyl sites for hydroxylation is 1. The summed E-state index contributed by atoms with van der Waals surface area (Å²) in [5.41, 5.74) is 0.569. The zero-order chi connectivity index (χ0) is 9.30. The van der Waals surface area contributed by atoms with Crippen molar-refractivity contribution in [3.05, 3.63) is 16.4 Å². The second-order valence-corrected chi connectivity index (χ2v) is 3.52. The van der Waals surface area contributed by atoms with Gasteiger partial charge in [-0.3, -0.25) is 9.48 Å². The van der Waals surface area contributed by atoms with Crippen molar-refractivity contribution in [3.8, 4) is 0 Å². The molecule has 1 rings (SSSR count). The minimum absolute atomic E-state index is 0.0538. The summed E-state index contributed by atoms with van der Waals surface area (Å²) in [6, 6.07) is 0. The summed E-state index contributed by atoms with van der Waals surface area (Å²) >= 11 is 3.26. The molecule has 0 aliphatic heterocycles. The predicted octanol–water partition coefficient (Wildman–Crippen LogP) is 0.884. The molecule has 12 heavy (non-hydrogen) atoms. The number of nitrogens with zero attached hydrogens (tertiary/aromatic N) is 3. The van der Waals surface area contributed by atoms with Crippen LogP contribution in [0.5, 0.6) is 0 Å². The Morgan fingerprint density at radius 3 is 2.58 bits per heavy atom. The fraction of sp³-hybridized carbons (Fsp3) is 0.429. The molecule has 0 fully saturated rings. The summed E-state index contributed by atoms with van der Waals surface area (Å²) in [7, 11) is 5.16. The van der Waals surface area contributed by atoms with E-state index in [4.69, 9.17) is 0 Å². The van der Waals surface area contributed by atoms with Gasteiger partial charge in [0, 0.05) is 21.1 Å². The lowest BCUT2D eigenvalue weighted by Crippen LogP contribution is -2.24. The van der Waals surface area contributed by atoms with Crippen molar-refractivity contribution in [1.82, 2.24) is 14.7 Å². The fourth-order valence-corrected chi connectivity index (χ4v) is 1.38. The summed E-state index contributed by atoms with van der Waals surface area (Å²) < 4.78 is 2.27. The summed E-state index contributed by atoms with van der Waals surface area (Å²) in [5.74, 6) is -0.0538. The average molecular weight is 232 g/mol. The van der Waals surface area contributed by atoms with E-state index in [-0.39, 0.29) is 5.91 Å². The molecule has 0 aliphatic carbocycles. The minimum Gasteiger partial charge on any atom is -0.343 e. The Morgan fingerprint density at radius 2 is 2.25 bits per heavy atom. The Bertz CT molecular complexity index is 286. The van der Waals surface area contributed by atoms with Crippen molar-refractivity contribution in [2.45, 2.75) is 0 Å². The van der Waals surface area contributed by atoms with Gasteiger partial charge in [-0.15, -0.1) is 0 Å². The maximum absolute atomic E-state index is 11.5. The van der Waals surface area contributed by atoms with Crippen LogP contribution < -0.4 is 0 Å². The van der Waals surface area contributed by atoms with Gasteiger partial charge in [0.2, 0.25) is 0 Å². The van der Waals surface area contributed by atoms with Gasteiger partial charge in [0.15, 0.2) is 0 Å². The molecule has 0 aromatic carbocycles. The second kappa shape index (κ2) is 3.26. The summed E-state index contributed by atoms with van der Waals surface area (Å²) in [6.45, 7) is 0. The molecule has 1 aromatic rings. The largest absolute Gasteiger partial charge is 0.343 e. The normalized spacial score (nSPS) is 10.0. The molecule has 0 bridgehead atoms. The van der Waals surface area contributed by atoms with Crippen LogP contribution in [0.15, 0.2) is 10.7 Å². The molecule has 0 unspecified atom stereocenters. The van der Waals surface area contributed by atoms with E-state index in [9.17, 15) is 4.79 Å². The van der Waals surface area contributed by atoms with E-state index < -0.39 is 0 Å². The number of hydrogen-bond acceptors (Lipinski definition) is 2. The van der Waals surface area contributed by atoms with Crippen LogP contribution in [0.2, 0.25) is 0 Å². The second-order valence-electron chi connectivity index (χ2n) is 2.66. The minimum atomic E-state index is -0.0538. The van der Waals surface area contributed by atoms with Crippen molar-refractivity contribution in [2.75, 3.05) is 14.1 Å². The highest BCUT2D eigenvalue weighted by Gasteiger charge is 2.16. The van der Waals surface area contributed by atoms with Crippen molar-refractivity contribution in [2.24, 2.45) is 7.05 Å². The van der Waals surface area contributed by atoms with Crippen LogP contribution in [0, 0.1) is 0 Å². The lowest BCUT2D eigenvalue weighted by Gasteiger charge is -2.10. The highest BCUT2D eigenvalue weighted by Crippen LogP contribution is 2.15. The van der Waals surface area contributed by atoms with Gasteiger partial charge in [-0.2, -0.15) is 5.10 Å². The Hall–Kier alpha value is -0.840. The van der Waals surface area contributed by atoms with Crippen LogP contribution >= 0.6 is 15.9 Å². The van der Waals surface area contributed by atoms with Crippen LogP contribution in [0.3, 0.4) is 0 Å². The molecule has 4 nitrogen and oxygen atoms in total. The predicted molar refractivity (Wildman–Crippen MR) is 48.9 cm³/mol. The molecule has 0 atom stereocenters. The third-order valence-electron chi connectivity index (χ3n) is 1.50. The zero-order valence-corrected chi connectivity index (χ0v) is 8.79. The first-order valence-electron chi connectivity index (χ1n) is 3.43. The number of halogens is 1. The average Bonchev–Trinajstić information content (AvgIpc) is 2.30. The Labute approximate surface area is 79.3 Å². The van der Waals surface area contributed by atoms with Crippen molar-refractivity contribution < 1.29 is 4.79 Å². The first kappa shape index (κ1) is 9.25. The van der Waals surface area contributed by atoms with Crippen LogP contribution in [-0.4, -0.2) is 34.7 Å². The zero-order valence-electron chi connectivity index (χ0n) is 7.21. The molecule has 1 aromatic heterocycles. The van der Waals surface area contributed by atoms with Crippen LogP contribution in [0.1, 0.15) is 10.5 Å². The number of rotatable bonds is 1. The van der Waals surface area contributed by atoms with Crippen molar-refractivity contribution >= 4 is 21.8 Å². The molecule has 1 heterocycles. The first-order valence-corrected chi connectivity index (χ1v) is 4.22. The van der Waals surface area contributed by atoms with E-state index in [1.54, 1.807) is 32.0 Å². The van der Waals surface area contributed by atoms with Gasteiger partial charge in [0.25, 0.3) is 5.91 Å². The summed E-state index contributed by atoms with van der Waals surface area (Å²) in [4.78, 5) is 13.0. The van der Waals surface area contributed by atoms with E-state index in [0.29, 0.717) is 5.69 Å². The lowest BCUT2D eigenvalue weighted by atomic mass is 10.4. The maximum atomic E-state index is 11.5. The number of carbonyl (C=O) groups excluding carboxylic acids is 1. The molecule has 0 spiro atoms. The molecule has 0 aliphatic rings. The number of aromatic nitrogens is 2. The molecule has 0 N–H and O–H groups in total. The first-order chi connectivity index (χ1) is 5.54. The van der Waals surface area contributed by atoms with Gasteiger partial charge < -0.3 is 4.90 Å². The molecule has 0 saturated heterocycles. The SMILES string of the molecule is CN(C)C(=O)c1c(Br)cnn1C. The molecular weight excluding hydrogens is 222 g/mol. The molecule has 0 saturated carbocycles. The lowest BCUT2D eigenvalue weighted by molar-refractivity contribution is 0.0816. The van der Waals surface area contributed by atoms with Crippen molar-refractivity contribution in [3.63, 3.8) is 0 Å². The number of amides is 1. The number of carbonyl (C=O) groups is 1. The van der Waals surface area contributed by atoms with E-state index in [1.165, 1.54) is 4.90 Å². The van der Waals surface area contributed by atoms with E-state index in [2.05, 4.69) is 21.0 Å². The smallest absolute Gasteiger partial charge is 0.272 e.